The van der Waals surface area contributed by atoms with E-state index in [1.165, 1.54) is 0 Å². The predicted octanol–water partition coefficient (Wildman–Crippen LogP) is 4.83. The van der Waals surface area contributed by atoms with Gasteiger partial charge in [0.05, 0.1) is 48.0 Å². The van der Waals surface area contributed by atoms with Crippen molar-refractivity contribution in [2.45, 2.75) is 32.4 Å². The molecule has 33 heavy (non-hydrogen) atoms. The van der Waals surface area contributed by atoms with E-state index >= 15 is 0 Å². The summed E-state index contributed by atoms with van der Waals surface area (Å²) in [6.45, 7) is 2.37. The number of fused-ring (bicyclic) bond motifs is 1. The van der Waals surface area contributed by atoms with Gasteiger partial charge in [-0.1, -0.05) is 6.07 Å². The number of carbonyl (C=O) groups excluding carboxylic acids is 1. The fourth-order valence-electron chi connectivity index (χ4n) is 4.26. The number of aryl methyl sites for hydroxylation is 2. The van der Waals surface area contributed by atoms with Crippen LogP contribution in [-0.2, 0) is 13.6 Å². The molecule has 1 amide bonds. The molecule has 1 aliphatic carbocycles. The van der Waals surface area contributed by atoms with Crippen LogP contribution in [0, 0.1) is 6.92 Å². The summed E-state index contributed by atoms with van der Waals surface area (Å²) in [6.07, 6.45) is 1.99. The Morgan fingerprint density at radius 3 is 2.70 bits per heavy atom. The van der Waals surface area contributed by atoms with Crippen molar-refractivity contribution in [1.82, 2.24) is 19.7 Å². The van der Waals surface area contributed by atoms with Crippen molar-refractivity contribution in [1.29, 1.82) is 0 Å². The highest BCUT2D eigenvalue weighted by Crippen LogP contribution is 2.36. The van der Waals surface area contributed by atoms with E-state index in [4.69, 9.17) is 14.5 Å². The van der Waals surface area contributed by atoms with E-state index in [1.807, 2.05) is 60.6 Å². The first-order valence-corrected chi connectivity index (χ1v) is 11.8. The molecule has 5 rings (SSSR count). The highest BCUT2D eigenvalue weighted by Gasteiger charge is 2.35. The van der Waals surface area contributed by atoms with E-state index in [-0.39, 0.29) is 11.9 Å². The Morgan fingerprint density at radius 2 is 2.03 bits per heavy atom. The van der Waals surface area contributed by atoms with Crippen molar-refractivity contribution in [2.75, 3.05) is 14.2 Å². The summed E-state index contributed by atoms with van der Waals surface area (Å²) in [6, 6.07) is 11.8. The van der Waals surface area contributed by atoms with Gasteiger partial charge in [0.15, 0.2) is 5.65 Å². The van der Waals surface area contributed by atoms with Gasteiger partial charge in [-0.3, -0.25) is 9.48 Å². The number of thiophene rings is 1. The summed E-state index contributed by atoms with van der Waals surface area (Å²) >= 11 is 1.61. The van der Waals surface area contributed by atoms with E-state index in [0.717, 1.165) is 57.2 Å². The van der Waals surface area contributed by atoms with Crippen LogP contribution in [0.1, 0.15) is 34.5 Å². The molecule has 1 aromatic carbocycles. The minimum Gasteiger partial charge on any atom is -0.497 e. The molecule has 3 aromatic heterocycles. The van der Waals surface area contributed by atoms with Crippen molar-refractivity contribution < 1.29 is 14.3 Å². The average molecular weight is 463 g/mol. The molecule has 7 nitrogen and oxygen atoms in total. The van der Waals surface area contributed by atoms with Crippen LogP contribution < -0.4 is 9.47 Å². The molecule has 0 unspecified atom stereocenters. The second-order valence-corrected chi connectivity index (χ2v) is 9.23. The Kier molecular flexibility index (Phi) is 5.54. The molecule has 0 radical (unpaired) electrons. The van der Waals surface area contributed by atoms with Crippen LogP contribution >= 0.6 is 11.3 Å². The van der Waals surface area contributed by atoms with Crippen LogP contribution in [0.5, 0.6) is 11.5 Å². The number of aromatic nitrogens is 3. The van der Waals surface area contributed by atoms with Crippen molar-refractivity contribution in [2.24, 2.45) is 7.05 Å². The molecule has 0 N–H and O–H groups in total. The Balaban J connectivity index is 1.61. The number of benzene rings is 1. The molecule has 3 heterocycles. The molecule has 0 bridgehead atoms. The maximum Gasteiger partial charge on any atom is 0.255 e. The first kappa shape index (κ1) is 21.5. The van der Waals surface area contributed by atoms with Crippen molar-refractivity contribution in [3.05, 3.63) is 58.6 Å². The highest BCUT2D eigenvalue weighted by atomic mass is 32.1. The number of hydrogen-bond donors (Lipinski definition) is 0. The summed E-state index contributed by atoms with van der Waals surface area (Å²) in [5, 5.41) is 7.39. The molecule has 170 valence electrons. The van der Waals surface area contributed by atoms with Crippen LogP contribution in [0.25, 0.3) is 21.6 Å². The minimum absolute atomic E-state index is 0.0105. The van der Waals surface area contributed by atoms with Gasteiger partial charge in [0, 0.05) is 18.7 Å². The smallest absolute Gasteiger partial charge is 0.255 e. The van der Waals surface area contributed by atoms with Crippen LogP contribution in [0.15, 0.2) is 41.8 Å². The number of carbonyl (C=O) groups is 1. The lowest BCUT2D eigenvalue weighted by molar-refractivity contribution is 0.0730. The van der Waals surface area contributed by atoms with Gasteiger partial charge in [-0.15, -0.1) is 11.3 Å². The molecule has 0 atom stereocenters. The quantitative estimate of drug-likeness (QED) is 0.394. The lowest BCUT2D eigenvalue weighted by Crippen LogP contribution is -2.33. The fraction of sp³-hybridized carbons (Fsp3) is 0.320. The number of nitrogens with zero attached hydrogens (tertiary/aromatic N) is 4. The Morgan fingerprint density at radius 1 is 1.21 bits per heavy atom. The molecule has 8 heteroatoms. The summed E-state index contributed by atoms with van der Waals surface area (Å²) < 4.78 is 12.7. The Bertz CT molecular complexity index is 1330. The first-order valence-electron chi connectivity index (χ1n) is 10.9. The monoisotopic (exact) mass is 462 g/mol. The van der Waals surface area contributed by atoms with Gasteiger partial charge in [-0.2, -0.15) is 5.10 Å². The second kappa shape index (κ2) is 8.51. The summed E-state index contributed by atoms with van der Waals surface area (Å²) in [7, 11) is 5.16. The van der Waals surface area contributed by atoms with Gasteiger partial charge in [-0.05, 0) is 55.5 Å². The molecule has 1 aliphatic rings. The molecule has 1 saturated carbocycles. The molecule has 4 aromatic rings. The van der Waals surface area contributed by atoms with Crippen LogP contribution in [0.3, 0.4) is 0 Å². The molecule has 0 saturated heterocycles. The predicted molar refractivity (Wildman–Crippen MR) is 129 cm³/mol. The summed E-state index contributed by atoms with van der Waals surface area (Å²) in [4.78, 5) is 21.9. The van der Waals surface area contributed by atoms with Gasteiger partial charge in [0.1, 0.15) is 11.5 Å². The van der Waals surface area contributed by atoms with E-state index in [2.05, 4.69) is 5.10 Å². The van der Waals surface area contributed by atoms with Crippen LogP contribution in [-0.4, -0.2) is 45.8 Å². The van der Waals surface area contributed by atoms with Crippen molar-refractivity contribution >= 4 is 28.3 Å². The van der Waals surface area contributed by atoms with E-state index in [0.29, 0.717) is 12.1 Å². The normalized spacial score (nSPS) is 13.3. The largest absolute Gasteiger partial charge is 0.497 e. The fourth-order valence-corrected chi connectivity index (χ4v) is 4.95. The zero-order valence-electron chi connectivity index (χ0n) is 19.2. The lowest BCUT2D eigenvalue weighted by Gasteiger charge is -2.24. The third-order valence-electron chi connectivity index (χ3n) is 6.05. The summed E-state index contributed by atoms with van der Waals surface area (Å²) in [5.74, 6) is 1.47. The maximum absolute atomic E-state index is 14.1. The molecule has 1 fully saturated rings. The number of amides is 1. The topological polar surface area (TPSA) is 69.5 Å². The van der Waals surface area contributed by atoms with E-state index < -0.39 is 0 Å². The van der Waals surface area contributed by atoms with Crippen LogP contribution in [0.2, 0.25) is 0 Å². The van der Waals surface area contributed by atoms with Gasteiger partial charge in [0.25, 0.3) is 5.91 Å². The maximum atomic E-state index is 14.1. The zero-order valence-corrected chi connectivity index (χ0v) is 20.0. The lowest BCUT2D eigenvalue weighted by atomic mass is 10.1. The third-order valence-corrected chi connectivity index (χ3v) is 6.94. The SMILES string of the molecule is COc1ccc(OC)c(CN(C(=O)c2cc(-c3cccs3)nc3c2c(C)nn3C)C2CC2)c1. The number of ether oxygens (including phenoxy) is 2. The minimum atomic E-state index is -0.0105. The number of pyridine rings is 1. The zero-order chi connectivity index (χ0) is 23.1. The molecular formula is C25H26N4O3S. The molecule has 0 aliphatic heterocycles. The van der Waals surface area contributed by atoms with Crippen molar-refractivity contribution in [3.63, 3.8) is 0 Å². The third kappa shape index (κ3) is 3.95. The van der Waals surface area contributed by atoms with E-state index in [1.54, 1.807) is 30.2 Å². The first-order chi connectivity index (χ1) is 16.0. The van der Waals surface area contributed by atoms with Crippen molar-refractivity contribution in [3.8, 4) is 22.1 Å². The van der Waals surface area contributed by atoms with E-state index in [9.17, 15) is 4.79 Å². The second-order valence-electron chi connectivity index (χ2n) is 8.28. The van der Waals surface area contributed by atoms with Gasteiger partial charge in [-0.25, -0.2) is 4.98 Å². The molecular weight excluding hydrogens is 436 g/mol. The Labute approximate surface area is 196 Å². The number of methoxy groups -OCH3 is 2. The number of hydrogen-bond acceptors (Lipinski definition) is 6. The van der Waals surface area contributed by atoms with Gasteiger partial charge >= 0.3 is 0 Å². The number of rotatable bonds is 7. The highest BCUT2D eigenvalue weighted by molar-refractivity contribution is 7.13. The summed E-state index contributed by atoms with van der Waals surface area (Å²) in [5.41, 5.74) is 3.87. The van der Waals surface area contributed by atoms with Crippen LogP contribution in [0.4, 0.5) is 0 Å². The van der Waals surface area contributed by atoms with Gasteiger partial charge < -0.3 is 14.4 Å². The standard InChI is InChI=1S/C25H26N4O3S/c1-15-23-19(13-20(22-6-5-11-33-22)26-24(23)28(2)27-15)25(30)29(17-7-8-17)14-16-12-18(31-3)9-10-21(16)32-4/h5-6,9-13,17H,7-8,14H2,1-4H3. The Hall–Kier alpha value is -3.39. The average Bonchev–Trinajstić information content (AvgIpc) is 3.43. The van der Waals surface area contributed by atoms with Gasteiger partial charge in [0.2, 0.25) is 0 Å². The molecule has 0 spiro atoms.